The Kier molecular flexibility index (Phi) is 4.53. The van der Waals surface area contributed by atoms with E-state index in [4.69, 9.17) is 0 Å². The van der Waals surface area contributed by atoms with E-state index in [9.17, 15) is 9.18 Å². The number of hydrogen-bond acceptors (Lipinski definition) is 2. The summed E-state index contributed by atoms with van der Waals surface area (Å²) in [5, 5.41) is 3.26. The first-order valence-electron chi connectivity index (χ1n) is 6.84. The molecule has 0 spiro atoms. The van der Waals surface area contributed by atoms with Crippen molar-refractivity contribution in [2.75, 3.05) is 19.6 Å². The fourth-order valence-corrected chi connectivity index (χ4v) is 2.58. The van der Waals surface area contributed by atoms with Gasteiger partial charge in [-0.2, -0.15) is 0 Å². The molecule has 19 heavy (non-hydrogen) atoms. The summed E-state index contributed by atoms with van der Waals surface area (Å²) in [5.74, 6) is -0.198. The molecular weight excluding hydrogens is 243 g/mol. The van der Waals surface area contributed by atoms with Crippen LogP contribution in [0.15, 0.2) is 24.3 Å². The van der Waals surface area contributed by atoms with Crippen molar-refractivity contribution in [1.29, 1.82) is 0 Å². The van der Waals surface area contributed by atoms with E-state index in [0.29, 0.717) is 12.0 Å². The molecule has 1 aromatic carbocycles. The minimum absolute atomic E-state index is 0.0872. The number of piperazine rings is 1. The van der Waals surface area contributed by atoms with E-state index >= 15 is 0 Å². The topological polar surface area (TPSA) is 32.3 Å². The van der Waals surface area contributed by atoms with Crippen LogP contribution in [-0.4, -0.2) is 36.5 Å². The van der Waals surface area contributed by atoms with Crippen LogP contribution in [0.1, 0.15) is 31.7 Å². The Hall–Kier alpha value is -1.42. The first kappa shape index (κ1) is 14.0. The van der Waals surface area contributed by atoms with Crippen molar-refractivity contribution in [3.8, 4) is 0 Å². The van der Waals surface area contributed by atoms with Gasteiger partial charge in [0.1, 0.15) is 5.82 Å². The fraction of sp³-hybridized carbons (Fsp3) is 0.533. The van der Waals surface area contributed by atoms with Crippen LogP contribution in [0.5, 0.6) is 0 Å². The van der Waals surface area contributed by atoms with Gasteiger partial charge in [0.05, 0.1) is 0 Å². The van der Waals surface area contributed by atoms with E-state index in [2.05, 4.69) is 5.32 Å². The number of halogens is 1. The van der Waals surface area contributed by atoms with Gasteiger partial charge in [-0.15, -0.1) is 0 Å². The highest BCUT2D eigenvalue weighted by atomic mass is 19.1. The number of benzene rings is 1. The molecule has 2 atom stereocenters. The zero-order chi connectivity index (χ0) is 13.8. The van der Waals surface area contributed by atoms with E-state index in [1.54, 1.807) is 12.1 Å². The molecule has 0 saturated carbocycles. The normalized spacial score (nSPS) is 21.2. The van der Waals surface area contributed by atoms with Crippen molar-refractivity contribution in [3.05, 3.63) is 35.6 Å². The van der Waals surface area contributed by atoms with E-state index in [1.807, 2.05) is 24.8 Å². The molecule has 2 rings (SSSR count). The van der Waals surface area contributed by atoms with Crippen molar-refractivity contribution >= 4 is 5.91 Å². The number of carbonyl (C=O) groups is 1. The van der Waals surface area contributed by atoms with Gasteiger partial charge in [0.2, 0.25) is 5.91 Å². The van der Waals surface area contributed by atoms with E-state index in [1.165, 1.54) is 6.07 Å². The predicted molar refractivity (Wildman–Crippen MR) is 73.5 cm³/mol. The molecule has 1 aromatic rings. The molecule has 0 aliphatic carbocycles. The van der Waals surface area contributed by atoms with Gasteiger partial charge in [-0.3, -0.25) is 4.79 Å². The van der Waals surface area contributed by atoms with Crippen molar-refractivity contribution in [2.24, 2.45) is 0 Å². The van der Waals surface area contributed by atoms with Crippen LogP contribution in [0.4, 0.5) is 4.39 Å². The Labute approximate surface area is 113 Å². The van der Waals surface area contributed by atoms with Crippen molar-refractivity contribution in [2.45, 2.75) is 32.2 Å². The second-order valence-corrected chi connectivity index (χ2v) is 5.27. The molecule has 0 aromatic heterocycles. The van der Waals surface area contributed by atoms with Crippen LogP contribution < -0.4 is 5.32 Å². The fourth-order valence-electron chi connectivity index (χ4n) is 2.58. The molecule has 1 saturated heterocycles. The summed E-state index contributed by atoms with van der Waals surface area (Å²) in [7, 11) is 0. The average Bonchev–Trinajstić information content (AvgIpc) is 2.39. The largest absolute Gasteiger partial charge is 0.337 e. The van der Waals surface area contributed by atoms with Gasteiger partial charge >= 0.3 is 0 Å². The first-order chi connectivity index (χ1) is 9.09. The maximum Gasteiger partial charge on any atom is 0.223 e. The second kappa shape index (κ2) is 6.15. The summed E-state index contributed by atoms with van der Waals surface area (Å²) in [6, 6.07) is 6.91. The smallest absolute Gasteiger partial charge is 0.223 e. The quantitative estimate of drug-likeness (QED) is 0.907. The highest BCUT2D eigenvalue weighted by Crippen LogP contribution is 2.23. The SMILES string of the molecule is C[C@H](CC(=O)N1CCNC[C@H]1C)c1ccccc1F. The lowest BCUT2D eigenvalue weighted by molar-refractivity contribution is -0.134. The molecule has 1 N–H and O–H groups in total. The monoisotopic (exact) mass is 264 g/mol. The van der Waals surface area contributed by atoms with Gasteiger partial charge in [-0.05, 0) is 24.5 Å². The molecule has 1 aliphatic rings. The maximum atomic E-state index is 13.7. The Morgan fingerprint density at radius 2 is 2.26 bits per heavy atom. The lowest BCUT2D eigenvalue weighted by Gasteiger charge is -2.34. The third-order valence-corrected chi connectivity index (χ3v) is 3.74. The Balaban J connectivity index is 2.00. The molecule has 1 heterocycles. The third kappa shape index (κ3) is 3.32. The molecule has 1 amide bonds. The number of nitrogens with one attached hydrogen (secondary N) is 1. The van der Waals surface area contributed by atoms with Gasteiger partial charge in [-0.25, -0.2) is 4.39 Å². The van der Waals surface area contributed by atoms with Crippen LogP contribution in [0.25, 0.3) is 0 Å². The highest BCUT2D eigenvalue weighted by molar-refractivity contribution is 5.77. The number of rotatable bonds is 3. The highest BCUT2D eigenvalue weighted by Gasteiger charge is 2.25. The third-order valence-electron chi connectivity index (χ3n) is 3.74. The molecule has 104 valence electrons. The average molecular weight is 264 g/mol. The van der Waals surface area contributed by atoms with Crippen LogP contribution in [0, 0.1) is 5.82 Å². The molecule has 0 bridgehead atoms. The molecular formula is C15H21FN2O. The van der Waals surface area contributed by atoms with Crippen molar-refractivity contribution in [1.82, 2.24) is 10.2 Å². The number of nitrogens with zero attached hydrogens (tertiary/aromatic N) is 1. The van der Waals surface area contributed by atoms with Crippen LogP contribution in [0.2, 0.25) is 0 Å². The van der Waals surface area contributed by atoms with Gasteiger partial charge < -0.3 is 10.2 Å². The summed E-state index contributed by atoms with van der Waals surface area (Å²) in [5.41, 5.74) is 0.624. The summed E-state index contributed by atoms with van der Waals surface area (Å²) in [6.07, 6.45) is 0.366. The van der Waals surface area contributed by atoms with Gasteiger partial charge in [-0.1, -0.05) is 25.1 Å². The molecule has 3 nitrogen and oxygen atoms in total. The van der Waals surface area contributed by atoms with Gasteiger partial charge in [0.15, 0.2) is 0 Å². The van der Waals surface area contributed by atoms with Crippen LogP contribution >= 0.6 is 0 Å². The zero-order valence-corrected chi connectivity index (χ0v) is 11.5. The minimum atomic E-state index is -0.226. The maximum absolute atomic E-state index is 13.7. The standard InChI is InChI=1S/C15H21FN2O/c1-11(13-5-3-4-6-14(13)16)9-15(19)18-8-7-17-10-12(18)2/h3-6,11-12,17H,7-10H2,1-2H3/t11-,12-/m1/s1. The molecule has 0 unspecified atom stereocenters. The summed E-state index contributed by atoms with van der Waals surface area (Å²) in [4.78, 5) is 14.2. The zero-order valence-electron chi connectivity index (χ0n) is 11.5. The van der Waals surface area contributed by atoms with Gasteiger partial charge in [0.25, 0.3) is 0 Å². The number of carbonyl (C=O) groups excluding carboxylic acids is 1. The summed E-state index contributed by atoms with van der Waals surface area (Å²) in [6.45, 7) is 6.36. The Bertz CT molecular complexity index is 450. The first-order valence-corrected chi connectivity index (χ1v) is 6.84. The predicted octanol–water partition coefficient (Wildman–Crippen LogP) is 2.14. The molecule has 1 fully saturated rings. The lowest BCUT2D eigenvalue weighted by atomic mass is 9.96. The van der Waals surface area contributed by atoms with Gasteiger partial charge in [0, 0.05) is 32.1 Å². The Morgan fingerprint density at radius 3 is 2.95 bits per heavy atom. The number of amides is 1. The number of hydrogen-bond donors (Lipinski definition) is 1. The van der Waals surface area contributed by atoms with Crippen molar-refractivity contribution < 1.29 is 9.18 Å². The van der Waals surface area contributed by atoms with Crippen LogP contribution in [-0.2, 0) is 4.79 Å². The lowest BCUT2D eigenvalue weighted by Crippen LogP contribution is -2.52. The minimum Gasteiger partial charge on any atom is -0.337 e. The summed E-state index contributed by atoms with van der Waals surface area (Å²) < 4.78 is 13.7. The molecule has 1 aliphatic heterocycles. The van der Waals surface area contributed by atoms with E-state index < -0.39 is 0 Å². The van der Waals surface area contributed by atoms with Crippen LogP contribution in [0.3, 0.4) is 0 Å². The van der Waals surface area contributed by atoms with E-state index in [0.717, 1.165) is 19.6 Å². The molecule has 0 radical (unpaired) electrons. The second-order valence-electron chi connectivity index (χ2n) is 5.27. The van der Waals surface area contributed by atoms with Crippen molar-refractivity contribution in [3.63, 3.8) is 0 Å². The van der Waals surface area contributed by atoms with E-state index in [-0.39, 0.29) is 23.7 Å². The summed E-state index contributed by atoms with van der Waals surface area (Å²) >= 11 is 0. The molecule has 4 heteroatoms. The Morgan fingerprint density at radius 1 is 1.53 bits per heavy atom.